The number of hydrogen-bond donors (Lipinski definition) is 0. The van der Waals surface area contributed by atoms with Crippen molar-refractivity contribution in [3.8, 4) is 0 Å². The summed E-state index contributed by atoms with van der Waals surface area (Å²) in [6.07, 6.45) is 0. The van der Waals surface area contributed by atoms with Crippen LogP contribution in [0, 0.1) is 6.92 Å². The molecule has 170 valence electrons. The van der Waals surface area contributed by atoms with Crippen molar-refractivity contribution < 1.29 is 26.9 Å². The Balaban J connectivity index is 1.89. The van der Waals surface area contributed by atoms with Gasteiger partial charge in [-0.2, -0.15) is 8.42 Å². The summed E-state index contributed by atoms with van der Waals surface area (Å²) < 4.78 is 40.7. The molecular weight excluding hydrogens is 418 g/mol. The van der Waals surface area contributed by atoms with Gasteiger partial charge in [0.25, 0.3) is 10.1 Å². The zero-order valence-electron chi connectivity index (χ0n) is 18.5. The van der Waals surface area contributed by atoms with Crippen molar-refractivity contribution in [1.29, 1.82) is 0 Å². The monoisotopic (exact) mass is 449 g/mol. The Morgan fingerprint density at radius 1 is 0.935 bits per heavy atom. The third kappa shape index (κ3) is 9.08. The maximum Gasteiger partial charge on any atom is 0.332 e. The second-order valence-electron chi connectivity index (χ2n) is 8.05. The van der Waals surface area contributed by atoms with Crippen LogP contribution < -0.4 is 4.90 Å². The van der Waals surface area contributed by atoms with Crippen molar-refractivity contribution >= 4 is 21.8 Å². The minimum absolute atomic E-state index is 0.0167. The Hall–Kier alpha value is -2.42. The van der Waals surface area contributed by atoms with Crippen molar-refractivity contribution in [3.63, 3.8) is 0 Å². The topological polar surface area (TPSA) is 82.1 Å². The Kier molecular flexibility index (Phi) is 9.03. The number of nitrogens with zero attached hydrogens (tertiary/aromatic N) is 1. The Bertz CT molecular complexity index is 921. The standard InChI is InChI=1S/C23H31NO6S/c1-19-10-12-21(13-11-19)31(26,27)29-17-15-24(20-8-6-5-7-9-20)14-16-28-18-22(25)30-23(2,3)4/h5-13H,14-18H2,1-4H3. The van der Waals surface area contributed by atoms with Crippen LogP contribution in [0.4, 0.5) is 5.69 Å². The third-order valence-corrected chi connectivity index (χ3v) is 5.50. The minimum atomic E-state index is -3.83. The van der Waals surface area contributed by atoms with Gasteiger partial charge in [-0.25, -0.2) is 4.79 Å². The Morgan fingerprint density at radius 2 is 1.55 bits per heavy atom. The van der Waals surface area contributed by atoms with Gasteiger partial charge in [-0.1, -0.05) is 35.9 Å². The summed E-state index contributed by atoms with van der Waals surface area (Å²) in [5.41, 5.74) is 1.32. The first-order valence-corrected chi connectivity index (χ1v) is 11.5. The molecule has 0 heterocycles. The van der Waals surface area contributed by atoms with E-state index in [0.717, 1.165) is 11.3 Å². The van der Waals surface area contributed by atoms with Crippen molar-refractivity contribution in [3.05, 3.63) is 60.2 Å². The molecule has 8 heteroatoms. The van der Waals surface area contributed by atoms with Gasteiger partial charge >= 0.3 is 5.97 Å². The number of esters is 1. The molecule has 0 bridgehead atoms. The highest BCUT2D eigenvalue weighted by atomic mass is 32.2. The van der Waals surface area contributed by atoms with Gasteiger partial charge in [0, 0.05) is 18.8 Å². The normalized spacial score (nSPS) is 11.9. The molecule has 2 aromatic rings. The van der Waals surface area contributed by atoms with Gasteiger partial charge < -0.3 is 14.4 Å². The molecule has 2 aromatic carbocycles. The van der Waals surface area contributed by atoms with Gasteiger partial charge in [-0.15, -0.1) is 0 Å². The lowest BCUT2D eigenvalue weighted by Crippen LogP contribution is -2.32. The van der Waals surface area contributed by atoms with Crippen molar-refractivity contribution in [2.45, 2.75) is 38.2 Å². The van der Waals surface area contributed by atoms with E-state index < -0.39 is 21.7 Å². The highest BCUT2D eigenvalue weighted by molar-refractivity contribution is 7.86. The molecule has 0 aliphatic heterocycles. The van der Waals surface area contributed by atoms with Gasteiger partial charge in [0.2, 0.25) is 0 Å². The Labute approximate surface area is 185 Å². The summed E-state index contributed by atoms with van der Waals surface area (Å²) in [6, 6.07) is 16.1. The van der Waals surface area contributed by atoms with Gasteiger partial charge in [0.15, 0.2) is 0 Å². The van der Waals surface area contributed by atoms with E-state index in [0.29, 0.717) is 13.1 Å². The zero-order chi connectivity index (χ0) is 22.9. The van der Waals surface area contributed by atoms with Crippen LogP contribution in [-0.2, 0) is 28.6 Å². The molecule has 0 radical (unpaired) electrons. The predicted molar refractivity (Wildman–Crippen MR) is 120 cm³/mol. The lowest BCUT2D eigenvalue weighted by atomic mass is 10.2. The molecule has 0 aliphatic rings. The van der Waals surface area contributed by atoms with E-state index in [4.69, 9.17) is 13.7 Å². The van der Waals surface area contributed by atoms with Gasteiger partial charge in [0.05, 0.1) is 18.1 Å². The third-order valence-electron chi connectivity index (χ3n) is 4.18. The second kappa shape index (κ2) is 11.3. The molecule has 0 fully saturated rings. The van der Waals surface area contributed by atoms with E-state index in [1.54, 1.807) is 32.9 Å². The van der Waals surface area contributed by atoms with Crippen molar-refractivity contribution in [2.24, 2.45) is 0 Å². The molecule has 0 amide bonds. The lowest BCUT2D eigenvalue weighted by molar-refractivity contribution is -0.160. The van der Waals surface area contributed by atoms with Crippen LogP contribution in [0.2, 0.25) is 0 Å². The number of para-hydroxylation sites is 1. The first-order valence-electron chi connectivity index (χ1n) is 10.1. The van der Waals surface area contributed by atoms with E-state index in [1.807, 2.05) is 42.2 Å². The van der Waals surface area contributed by atoms with Crippen molar-refractivity contribution in [1.82, 2.24) is 0 Å². The van der Waals surface area contributed by atoms with Gasteiger partial charge in [-0.05, 0) is 52.0 Å². The smallest absolute Gasteiger partial charge is 0.332 e. The summed E-state index contributed by atoms with van der Waals surface area (Å²) in [6.45, 7) is 8.20. The molecule has 0 atom stereocenters. The lowest BCUT2D eigenvalue weighted by Gasteiger charge is -2.25. The predicted octanol–water partition coefficient (Wildman–Crippen LogP) is 3.57. The van der Waals surface area contributed by atoms with Crippen LogP contribution in [0.5, 0.6) is 0 Å². The minimum Gasteiger partial charge on any atom is -0.458 e. The van der Waals surface area contributed by atoms with Gasteiger partial charge in [-0.3, -0.25) is 4.18 Å². The number of anilines is 1. The SMILES string of the molecule is Cc1ccc(S(=O)(=O)OCCN(CCOCC(=O)OC(C)(C)C)c2ccccc2)cc1. The molecule has 0 saturated heterocycles. The van der Waals surface area contributed by atoms with E-state index in [9.17, 15) is 13.2 Å². The van der Waals surface area contributed by atoms with Crippen LogP contribution in [0.15, 0.2) is 59.5 Å². The molecule has 0 spiro atoms. The van der Waals surface area contributed by atoms with E-state index in [1.165, 1.54) is 12.1 Å². The molecule has 0 N–H and O–H groups in total. The Morgan fingerprint density at radius 3 is 2.16 bits per heavy atom. The largest absolute Gasteiger partial charge is 0.458 e. The fourth-order valence-corrected chi connectivity index (χ4v) is 3.64. The quantitative estimate of drug-likeness (QED) is 0.295. The van der Waals surface area contributed by atoms with Crippen molar-refractivity contribution in [2.75, 3.05) is 37.8 Å². The number of rotatable bonds is 11. The van der Waals surface area contributed by atoms with E-state index in [-0.39, 0.29) is 24.7 Å². The molecule has 2 rings (SSSR count). The molecule has 0 saturated carbocycles. The van der Waals surface area contributed by atoms with E-state index in [2.05, 4.69) is 0 Å². The molecule has 31 heavy (non-hydrogen) atoms. The summed E-state index contributed by atoms with van der Waals surface area (Å²) in [5.74, 6) is -0.425. The summed E-state index contributed by atoms with van der Waals surface area (Å²) in [7, 11) is -3.83. The van der Waals surface area contributed by atoms with Crippen LogP contribution in [0.25, 0.3) is 0 Å². The molecule has 0 aliphatic carbocycles. The zero-order valence-corrected chi connectivity index (χ0v) is 19.4. The average molecular weight is 450 g/mol. The highest BCUT2D eigenvalue weighted by Gasteiger charge is 2.17. The average Bonchev–Trinajstić information content (AvgIpc) is 2.69. The number of carbonyl (C=O) groups is 1. The molecule has 0 aromatic heterocycles. The second-order valence-corrected chi connectivity index (χ2v) is 9.67. The number of benzene rings is 2. The van der Waals surface area contributed by atoms with Crippen LogP contribution in [0.3, 0.4) is 0 Å². The first kappa shape index (κ1) is 24.8. The van der Waals surface area contributed by atoms with Crippen LogP contribution >= 0.6 is 0 Å². The van der Waals surface area contributed by atoms with Crippen LogP contribution in [0.1, 0.15) is 26.3 Å². The molecule has 0 unspecified atom stereocenters. The van der Waals surface area contributed by atoms with Gasteiger partial charge in [0.1, 0.15) is 12.2 Å². The summed E-state index contributed by atoms with van der Waals surface area (Å²) in [4.78, 5) is 13.8. The maximum absolute atomic E-state index is 12.4. The summed E-state index contributed by atoms with van der Waals surface area (Å²) >= 11 is 0. The summed E-state index contributed by atoms with van der Waals surface area (Å²) in [5, 5.41) is 0. The fraction of sp³-hybridized carbons (Fsp3) is 0.435. The van der Waals surface area contributed by atoms with E-state index >= 15 is 0 Å². The first-order chi connectivity index (χ1) is 14.6. The highest BCUT2D eigenvalue weighted by Crippen LogP contribution is 2.16. The number of ether oxygens (including phenoxy) is 2. The number of aryl methyl sites for hydroxylation is 1. The molecular formula is C23H31NO6S. The maximum atomic E-state index is 12.4. The van der Waals surface area contributed by atoms with Crippen LogP contribution in [-0.4, -0.2) is 52.9 Å². The number of hydrogen-bond acceptors (Lipinski definition) is 7. The fourth-order valence-electron chi connectivity index (χ4n) is 2.74. The molecule has 7 nitrogen and oxygen atoms in total. The number of carbonyl (C=O) groups excluding carboxylic acids is 1.